The Morgan fingerprint density at radius 3 is 2.78 bits per heavy atom. The molecule has 4 rings (SSSR count). The van der Waals surface area contributed by atoms with Crippen LogP contribution in [0.15, 0.2) is 42.9 Å². The highest BCUT2D eigenvalue weighted by Gasteiger charge is 2.23. The van der Waals surface area contributed by atoms with E-state index in [9.17, 15) is 9.18 Å². The molecule has 7 heteroatoms. The van der Waals surface area contributed by atoms with E-state index in [0.717, 1.165) is 31.7 Å². The van der Waals surface area contributed by atoms with Crippen molar-refractivity contribution in [2.24, 2.45) is 0 Å². The Bertz CT molecular complexity index is 966. The van der Waals surface area contributed by atoms with E-state index >= 15 is 0 Å². The molecular weight excluding hydrogens is 345 g/mol. The first-order valence-corrected chi connectivity index (χ1v) is 8.99. The van der Waals surface area contributed by atoms with Gasteiger partial charge in [-0.05, 0) is 38.0 Å². The van der Waals surface area contributed by atoms with E-state index in [0.29, 0.717) is 22.2 Å². The molecule has 1 saturated heterocycles. The number of nitrogens with zero attached hydrogens (tertiary/aromatic N) is 4. The number of benzene rings is 1. The number of rotatable bonds is 3. The lowest BCUT2D eigenvalue weighted by molar-refractivity contribution is 0.0932. The largest absolute Gasteiger partial charge is 0.355 e. The van der Waals surface area contributed by atoms with E-state index in [1.807, 2.05) is 0 Å². The maximum absolute atomic E-state index is 13.5. The monoisotopic (exact) mass is 365 g/mol. The number of halogens is 1. The molecule has 1 aromatic carbocycles. The first-order chi connectivity index (χ1) is 13.1. The van der Waals surface area contributed by atoms with Gasteiger partial charge in [-0.2, -0.15) is 0 Å². The lowest BCUT2D eigenvalue weighted by atomic mass is 10.0. The second-order valence-corrected chi connectivity index (χ2v) is 6.77. The van der Waals surface area contributed by atoms with Crippen LogP contribution in [0.4, 0.5) is 10.2 Å². The summed E-state index contributed by atoms with van der Waals surface area (Å²) < 4.78 is 13.5. The average Bonchev–Trinajstić information content (AvgIpc) is 2.68. The Kier molecular flexibility index (Phi) is 4.66. The zero-order chi connectivity index (χ0) is 18.8. The maximum atomic E-state index is 13.5. The highest BCUT2D eigenvalue weighted by atomic mass is 19.1. The van der Waals surface area contributed by atoms with Gasteiger partial charge in [-0.15, -0.1) is 0 Å². The molecule has 0 aliphatic carbocycles. The number of aromatic nitrogens is 3. The van der Waals surface area contributed by atoms with E-state index < -0.39 is 0 Å². The number of amides is 1. The van der Waals surface area contributed by atoms with Crippen molar-refractivity contribution in [2.45, 2.75) is 25.8 Å². The second-order valence-electron chi connectivity index (χ2n) is 6.77. The molecule has 0 bridgehead atoms. The summed E-state index contributed by atoms with van der Waals surface area (Å²) in [4.78, 5) is 27.8. The normalized spacial score (nSPS) is 15.1. The smallest absolute Gasteiger partial charge is 0.252 e. The first-order valence-electron chi connectivity index (χ1n) is 8.99. The molecule has 3 heterocycles. The summed E-state index contributed by atoms with van der Waals surface area (Å²) in [5.74, 6) is 0.360. The number of carbonyl (C=O) groups is 1. The lowest BCUT2D eigenvalue weighted by Gasteiger charge is -2.33. The van der Waals surface area contributed by atoms with Crippen LogP contribution in [0.1, 0.15) is 28.9 Å². The molecule has 2 aromatic heterocycles. The van der Waals surface area contributed by atoms with Crippen LogP contribution in [-0.2, 0) is 0 Å². The van der Waals surface area contributed by atoms with E-state index in [1.165, 1.54) is 12.1 Å². The summed E-state index contributed by atoms with van der Waals surface area (Å²) in [6.45, 7) is 3.43. The maximum Gasteiger partial charge on any atom is 0.252 e. The Morgan fingerprint density at radius 1 is 1.22 bits per heavy atom. The molecule has 0 atom stereocenters. The van der Waals surface area contributed by atoms with Crippen molar-refractivity contribution in [2.75, 3.05) is 18.0 Å². The Balaban J connectivity index is 1.47. The molecule has 1 amide bonds. The summed E-state index contributed by atoms with van der Waals surface area (Å²) in [7, 11) is 0. The fourth-order valence-corrected chi connectivity index (χ4v) is 3.49. The van der Waals surface area contributed by atoms with E-state index in [-0.39, 0.29) is 17.8 Å². The van der Waals surface area contributed by atoms with Gasteiger partial charge < -0.3 is 10.2 Å². The molecule has 6 nitrogen and oxygen atoms in total. The molecule has 138 valence electrons. The van der Waals surface area contributed by atoms with Crippen molar-refractivity contribution in [1.82, 2.24) is 20.3 Å². The molecule has 0 spiro atoms. The van der Waals surface area contributed by atoms with Gasteiger partial charge in [0.15, 0.2) is 0 Å². The Morgan fingerprint density at radius 2 is 2.04 bits per heavy atom. The van der Waals surface area contributed by atoms with Crippen LogP contribution in [0.25, 0.3) is 10.9 Å². The molecular formula is C20H20FN5O. The standard InChI is InChI=1S/C20H20FN5O/c1-13-10-17(16-3-2-14(21)11-18(16)24-13)20(27)25-15-4-8-26(9-5-15)19-12-22-6-7-23-19/h2-3,6-7,10-12,15H,4-5,8-9H2,1H3,(H,25,27). The quantitative estimate of drug-likeness (QED) is 0.773. The van der Waals surface area contributed by atoms with Crippen molar-refractivity contribution >= 4 is 22.6 Å². The van der Waals surface area contributed by atoms with Crippen molar-refractivity contribution < 1.29 is 9.18 Å². The number of piperidine rings is 1. The molecule has 1 aliphatic rings. The minimum Gasteiger partial charge on any atom is -0.355 e. The topological polar surface area (TPSA) is 71.0 Å². The third-order valence-corrected chi connectivity index (χ3v) is 4.85. The zero-order valence-electron chi connectivity index (χ0n) is 15.0. The minimum absolute atomic E-state index is 0.0920. The predicted molar refractivity (Wildman–Crippen MR) is 101 cm³/mol. The second kappa shape index (κ2) is 7.26. The summed E-state index contributed by atoms with van der Waals surface area (Å²) in [6, 6.07) is 6.18. The van der Waals surface area contributed by atoms with Gasteiger partial charge in [-0.3, -0.25) is 14.8 Å². The van der Waals surface area contributed by atoms with Gasteiger partial charge in [0.2, 0.25) is 0 Å². The van der Waals surface area contributed by atoms with Gasteiger partial charge in [-0.1, -0.05) is 0 Å². The fraction of sp³-hybridized carbons (Fsp3) is 0.300. The van der Waals surface area contributed by atoms with Crippen LogP contribution in [-0.4, -0.2) is 40.0 Å². The van der Waals surface area contributed by atoms with Crippen LogP contribution in [0.2, 0.25) is 0 Å². The number of nitrogens with one attached hydrogen (secondary N) is 1. The van der Waals surface area contributed by atoms with E-state index in [4.69, 9.17) is 0 Å². The molecule has 3 aromatic rings. The molecule has 0 unspecified atom stereocenters. The molecule has 1 N–H and O–H groups in total. The number of carbonyl (C=O) groups excluding carboxylic acids is 1. The molecule has 0 saturated carbocycles. The van der Waals surface area contributed by atoms with Crippen LogP contribution >= 0.6 is 0 Å². The van der Waals surface area contributed by atoms with Crippen LogP contribution in [0, 0.1) is 12.7 Å². The van der Waals surface area contributed by atoms with Crippen LogP contribution in [0.3, 0.4) is 0 Å². The van der Waals surface area contributed by atoms with E-state index in [2.05, 4.69) is 25.2 Å². The summed E-state index contributed by atoms with van der Waals surface area (Å²) >= 11 is 0. The molecule has 1 fully saturated rings. The Hall–Kier alpha value is -3.09. The number of aryl methyl sites for hydroxylation is 1. The summed E-state index contributed by atoms with van der Waals surface area (Å²) in [5, 5.41) is 3.78. The zero-order valence-corrected chi connectivity index (χ0v) is 15.0. The number of anilines is 1. The van der Waals surface area contributed by atoms with Gasteiger partial charge in [-0.25, -0.2) is 9.37 Å². The van der Waals surface area contributed by atoms with Gasteiger partial charge in [0, 0.05) is 48.7 Å². The first kappa shape index (κ1) is 17.3. The van der Waals surface area contributed by atoms with Crippen LogP contribution in [0.5, 0.6) is 0 Å². The van der Waals surface area contributed by atoms with Crippen molar-refractivity contribution in [3.05, 3.63) is 59.9 Å². The third-order valence-electron chi connectivity index (χ3n) is 4.85. The highest BCUT2D eigenvalue weighted by molar-refractivity contribution is 6.06. The molecule has 0 radical (unpaired) electrons. The van der Waals surface area contributed by atoms with Crippen molar-refractivity contribution in [3.63, 3.8) is 0 Å². The van der Waals surface area contributed by atoms with Crippen molar-refractivity contribution in [3.8, 4) is 0 Å². The minimum atomic E-state index is -0.358. The van der Waals surface area contributed by atoms with Gasteiger partial charge in [0.25, 0.3) is 5.91 Å². The number of hydrogen-bond acceptors (Lipinski definition) is 5. The number of fused-ring (bicyclic) bond motifs is 1. The number of pyridine rings is 1. The van der Waals surface area contributed by atoms with Crippen LogP contribution < -0.4 is 10.2 Å². The van der Waals surface area contributed by atoms with Crippen molar-refractivity contribution in [1.29, 1.82) is 0 Å². The third kappa shape index (κ3) is 3.72. The number of hydrogen-bond donors (Lipinski definition) is 1. The lowest BCUT2D eigenvalue weighted by Crippen LogP contribution is -2.45. The highest BCUT2D eigenvalue weighted by Crippen LogP contribution is 2.21. The average molecular weight is 365 g/mol. The predicted octanol–water partition coefficient (Wildman–Crippen LogP) is 2.87. The van der Waals surface area contributed by atoms with E-state index in [1.54, 1.807) is 37.6 Å². The fourth-order valence-electron chi connectivity index (χ4n) is 3.49. The van der Waals surface area contributed by atoms with Gasteiger partial charge >= 0.3 is 0 Å². The molecule has 27 heavy (non-hydrogen) atoms. The summed E-state index contributed by atoms with van der Waals surface area (Å²) in [5.41, 5.74) is 1.72. The van der Waals surface area contributed by atoms with Gasteiger partial charge in [0.1, 0.15) is 11.6 Å². The molecule has 1 aliphatic heterocycles. The summed E-state index contributed by atoms with van der Waals surface area (Å²) in [6.07, 6.45) is 6.76. The van der Waals surface area contributed by atoms with Gasteiger partial charge in [0.05, 0.1) is 17.3 Å². The SMILES string of the molecule is Cc1cc(C(=O)NC2CCN(c3cnccn3)CC2)c2ccc(F)cc2n1. The Labute approximate surface area is 156 Å².